The molecular formula is C17H28O2. The van der Waals surface area contributed by atoms with Gasteiger partial charge < -0.3 is 9.84 Å². The quantitative estimate of drug-likeness (QED) is 0.899. The molecule has 0 aliphatic heterocycles. The number of ether oxygens (including phenoxy) is 1. The van der Waals surface area contributed by atoms with Crippen molar-refractivity contribution in [2.45, 2.75) is 58.8 Å². The standard InChI is InChI=1S/C17H28O2/c1-16(2,3)13-10-12(8-9-18)11-14(15(13)19-7)17(4,5)6/h10-11,18H,8-9H2,1-7H3. The SMILES string of the molecule is COc1c(C(C)(C)C)cc(CCO)cc1C(C)(C)C. The molecule has 0 aromatic heterocycles. The lowest BCUT2D eigenvalue weighted by Gasteiger charge is -2.30. The van der Waals surface area contributed by atoms with Crippen molar-refractivity contribution in [2.75, 3.05) is 13.7 Å². The average molecular weight is 264 g/mol. The smallest absolute Gasteiger partial charge is 0.126 e. The maximum atomic E-state index is 9.20. The fraction of sp³-hybridized carbons (Fsp3) is 0.647. The molecule has 0 spiro atoms. The molecule has 0 aliphatic carbocycles. The van der Waals surface area contributed by atoms with Crippen molar-refractivity contribution in [3.05, 3.63) is 28.8 Å². The zero-order valence-electron chi connectivity index (χ0n) is 13.4. The van der Waals surface area contributed by atoms with Crippen molar-refractivity contribution in [2.24, 2.45) is 0 Å². The highest BCUT2D eigenvalue weighted by Crippen LogP contribution is 2.40. The second kappa shape index (κ2) is 5.54. The average Bonchev–Trinajstić information content (AvgIpc) is 2.26. The number of methoxy groups -OCH3 is 1. The normalized spacial score (nSPS) is 12.6. The minimum Gasteiger partial charge on any atom is -0.496 e. The number of rotatable bonds is 3. The number of benzene rings is 1. The Morgan fingerprint density at radius 2 is 1.37 bits per heavy atom. The fourth-order valence-electron chi connectivity index (χ4n) is 2.30. The number of hydrogen-bond acceptors (Lipinski definition) is 2. The number of aliphatic hydroxyl groups excluding tert-OH is 1. The summed E-state index contributed by atoms with van der Waals surface area (Å²) in [7, 11) is 1.74. The summed E-state index contributed by atoms with van der Waals surface area (Å²) < 4.78 is 5.70. The van der Waals surface area contributed by atoms with E-state index < -0.39 is 0 Å². The van der Waals surface area contributed by atoms with Crippen LogP contribution in [-0.4, -0.2) is 18.8 Å². The minimum atomic E-state index is 0.0246. The molecular weight excluding hydrogens is 236 g/mol. The van der Waals surface area contributed by atoms with Crippen molar-refractivity contribution >= 4 is 0 Å². The predicted molar refractivity (Wildman–Crippen MR) is 81.2 cm³/mol. The Morgan fingerprint density at radius 3 is 1.63 bits per heavy atom. The Bertz CT molecular complexity index is 399. The summed E-state index contributed by atoms with van der Waals surface area (Å²) in [6, 6.07) is 4.34. The third-order valence-electron chi connectivity index (χ3n) is 3.37. The van der Waals surface area contributed by atoms with E-state index in [1.54, 1.807) is 7.11 Å². The van der Waals surface area contributed by atoms with E-state index in [2.05, 4.69) is 53.7 Å². The van der Waals surface area contributed by atoms with E-state index in [1.807, 2.05) is 0 Å². The van der Waals surface area contributed by atoms with Crippen LogP contribution >= 0.6 is 0 Å². The van der Waals surface area contributed by atoms with Crippen molar-refractivity contribution in [3.8, 4) is 5.75 Å². The van der Waals surface area contributed by atoms with Crippen LogP contribution in [0, 0.1) is 0 Å². The molecule has 1 rings (SSSR count). The van der Waals surface area contributed by atoms with E-state index in [1.165, 1.54) is 16.7 Å². The highest BCUT2D eigenvalue weighted by Gasteiger charge is 2.27. The van der Waals surface area contributed by atoms with Gasteiger partial charge in [0.25, 0.3) is 0 Å². The maximum Gasteiger partial charge on any atom is 0.126 e. The Balaban J connectivity index is 3.57. The molecule has 0 bridgehead atoms. The zero-order valence-corrected chi connectivity index (χ0v) is 13.4. The molecule has 0 saturated carbocycles. The molecule has 0 heterocycles. The van der Waals surface area contributed by atoms with Gasteiger partial charge in [-0.2, -0.15) is 0 Å². The number of aliphatic hydroxyl groups is 1. The van der Waals surface area contributed by atoms with Crippen LogP contribution in [0.5, 0.6) is 5.75 Å². The van der Waals surface area contributed by atoms with Crippen molar-refractivity contribution in [1.29, 1.82) is 0 Å². The fourth-order valence-corrected chi connectivity index (χ4v) is 2.30. The molecule has 0 amide bonds. The molecule has 1 aromatic rings. The van der Waals surface area contributed by atoms with Gasteiger partial charge in [0.05, 0.1) is 7.11 Å². The third-order valence-corrected chi connectivity index (χ3v) is 3.37. The van der Waals surface area contributed by atoms with Crippen molar-refractivity contribution in [3.63, 3.8) is 0 Å². The van der Waals surface area contributed by atoms with Crippen molar-refractivity contribution in [1.82, 2.24) is 0 Å². The molecule has 1 aromatic carbocycles. The van der Waals surface area contributed by atoms with E-state index >= 15 is 0 Å². The second-order valence-corrected chi connectivity index (χ2v) is 7.20. The van der Waals surface area contributed by atoms with Gasteiger partial charge in [-0.25, -0.2) is 0 Å². The summed E-state index contributed by atoms with van der Waals surface area (Å²) in [5.74, 6) is 0.988. The molecule has 0 atom stereocenters. The molecule has 0 saturated heterocycles. The van der Waals surface area contributed by atoms with Gasteiger partial charge in [-0.1, -0.05) is 53.7 Å². The largest absolute Gasteiger partial charge is 0.496 e. The lowest BCUT2D eigenvalue weighted by atomic mass is 9.78. The van der Waals surface area contributed by atoms with Gasteiger partial charge in [0.2, 0.25) is 0 Å². The first-order valence-corrected chi connectivity index (χ1v) is 6.94. The summed E-state index contributed by atoms with van der Waals surface area (Å²) in [5, 5.41) is 9.20. The Kier molecular flexibility index (Phi) is 4.67. The topological polar surface area (TPSA) is 29.5 Å². The van der Waals surface area contributed by atoms with E-state index in [0.717, 1.165) is 5.75 Å². The molecule has 108 valence electrons. The summed E-state index contributed by atoms with van der Waals surface area (Å²) >= 11 is 0. The van der Waals surface area contributed by atoms with Crippen LogP contribution in [0.2, 0.25) is 0 Å². The van der Waals surface area contributed by atoms with Gasteiger partial charge >= 0.3 is 0 Å². The van der Waals surface area contributed by atoms with Crippen LogP contribution in [-0.2, 0) is 17.3 Å². The van der Waals surface area contributed by atoms with Crippen LogP contribution in [0.15, 0.2) is 12.1 Å². The van der Waals surface area contributed by atoms with E-state index in [9.17, 15) is 5.11 Å². The van der Waals surface area contributed by atoms with Gasteiger partial charge in [-0.05, 0) is 22.8 Å². The number of hydrogen-bond donors (Lipinski definition) is 1. The van der Waals surface area contributed by atoms with E-state index in [4.69, 9.17) is 4.74 Å². The molecule has 1 N–H and O–H groups in total. The van der Waals surface area contributed by atoms with Crippen LogP contribution in [0.25, 0.3) is 0 Å². The molecule has 2 heteroatoms. The summed E-state index contributed by atoms with van der Waals surface area (Å²) in [5.41, 5.74) is 3.66. The first-order chi connectivity index (χ1) is 8.61. The van der Waals surface area contributed by atoms with Gasteiger partial charge in [-0.3, -0.25) is 0 Å². The van der Waals surface area contributed by atoms with Gasteiger partial charge in [0.1, 0.15) is 5.75 Å². The Labute approximate surface area is 117 Å². The van der Waals surface area contributed by atoms with Gasteiger partial charge in [0.15, 0.2) is 0 Å². The molecule has 19 heavy (non-hydrogen) atoms. The molecule has 0 radical (unpaired) electrons. The zero-order chi connectivity index (χ0) is 14.8. The molecule has 0 aliphatic rings. The lowest BCUT2D eigenvalue weighted by Crippen LogP contribution is -2.20. The van der Waals surface area contributed by atoms with Crippen LogP contribution in [0.4, 0.5) is 0 Å². The lowest BCUT2D eigenvalue weighted by molar-refractivity contribution is 0.299. The first-order valence-electron chi connectivity index (χ1n) is 6.94. The third kappa shape index (κ3) is 3.73. The summed E-state index contributed by atoms with van der Waals surface area (Å²) in [6.07, 6.45) is 0.691. The Morgan fingerprint density at radius 1 is 0.947 bits per heavy atom. The van der Waals surface area contributed by atoms with Crippen LogP contribution in [0.1, 0.15) is 58.2 Å². The predicted octanol–water partition coefficient (Wildman–Crippen LogP) is 3.83. The molecule has 2 nitrogen and oxygen atoms in total. The highest BCUT2D eigenvalue weighted by molar-refractivity contribution is 5.50. The minimum absolute atomic E-state index is 0.0246. The van der Waals surface area contributed by atoms with Crippen LogP contribution in [0.3, 0.4) is 0 Å². The van der Waals surface area contributed by atoms with E-state index in [-0.39, 0.29) is 17.4 Å². The Hall–Kier alpha value is -1.02. The van der Waals surface area contributed by atoms with Crippen LogP contribution < -0.4 is 4.74 Å². The maximum absolute atomic E-state index is 9.20. The second-order valence-electron chi connectivity index (χ2n) is 7.20. The molecule has 0 fully saturated rings. The van der Waals surface area contributed by atoms with Crippen molar-refractivity contribution < 1.29 is 9.84 Å². The molecule has 0 unspecified atom stereocenters. The highest BCUT2D eigenvalue weighted by atomic mass is 16.5. The van der Waals surface area contributed by atoms with Gasteiger partial charge in [0, 0.05) is 17.7 Å². The monoisotopic (exact) mass is 264 g/mol. The summed E-state index contributed by atoms with van der Waals surface area (Å²) in [4.78, 5) is 0. The van der Waals surface area contributed by atoms with E-state index in [0.29, 0.717) is 6.42 Å². The summed E-state index contributed by atoms with van der Waals surface area (Å²) in [6.45, 7) is 13.3. The van der Waals surface area contributed by atoms with Gasteiger partial charge in [-0.15, -0.1) is 0 Å². The first kappa shape index (κ1) is 16.0.